The van der Waals surface area contributed by atoms with Crippen LogP contribution < -0.4 is 10.6 Å². The number of esters is 1. The number of imide groups is 1. The molecule has 0 bridgehead atoms. The molecule has 146 valence electrons. The lowest BCUT2D eigenvalue weighted by molar-refractivity contribution is -0.155. The average Bonchev–Trinajstić information content (AvgIpc) is 3.23. The molecule has 1 aromatic rings. The highest BCUT2D eigenvalue weighted by molar-refractivity contribution is 6.09. The van der Waals surface area contributed by atoms with Crippen LogP contribution in [0.2, 0.25) is 0 Å². The van der Waals surface area contributed by atoms with Crippen LogP contribution in [0.25, 0.3) is 0 Å². The second-order valence-corrected chi connectivity index (χ2v) is 6.92. The quantitative estimate of drug-likeness (QED) is 0.581. The Bertz CT molecular complexity index is 852. The van der Waals surface area contributed by atoms with Gasteiger partial charge in [-0.15, -0.1) is 0 Å². The highest BCUT2D eigenvalue weighted by Gasteiger charge is 2.52. The number of carbonyl (C=O) groups is 4. The molecule has 1 heterocycles. The molecule has 0 aromatic heterocycles. The van der Waals surface area contributed by atoms with Crippen molar-refractivity contribution in [1.29, 1.82) is 5.26 Å². The fraction of sp³-hybridized carbons (Fsp3) is 0.421. The summed E-state index contributed by atoms with van der Waals surface area (Å²) in [6, 6.07) is 7.55. The molecular formula is C19H20N4O5. The third-order valence-electron chi connectivity index (χ3n) is 4.95. The Kier molecular flexibility index (Phi) is 5.31. The molecule has 0 unspecified atom stereocenters. The molecule has 3 rings (SSSR count). The normalized spacial score (nSPS) is 18.5. The number of hydrogen-bond acceptors (Lipinski definition) is 6. The summed E-state index contributed by atoms with van der Waals surface area (Å²) in [5, 5.41) is 14.0. The fourth-order valence-corrected chi connectivity index (χ4v) is 3.43. The van der Waals surface area contributed by atoms with E-state index in [0.29, 0.717) is 24.1 Å². The molecule has 1 aromatic carbocycles. The summed E-state index contributed by atoms with van der Waals surface area (Å²) in [6.07, 6.45) is 1.69. The van der Waals surface area contributed by atoms with Crippen molar-refractivity contribution < 1.29 is 23.9 Å². The van der Waals surface area contributed by atoms with E-state index in [9.17, 15) is 19.2 Å². The van der Waals surface area contributed by atoms with Crippen LogP contribution in [0, 0.1) is 11.3 Å². The van der Waals surface area contributed by atoms with Crippen molar-refractivity contribution in [1.82, 2.24) is 10.2 Å². The van der Waals surface area contributed by atoms with Gasteiger partial charge in [-0.05, 0) is 44.0 Å². The zero-order valence-electron chi connectivity index (χ0n) is 15.4. The Morgan fingerprint density at radius 1 is 1.29 bits per heavy atom. The summed E-state index contributed by atoms with van der Waals surface area (Å²) >= 11 is 0. The van der Waals surface area contributed by atoms with E-state index in [1.54, 1.807) is 24.3 Å². The molecule has 1 saturated carbocycles. The molecule has 28 heavy (non-hydrogen) atoms. The first-order chi connectivity index (χ1) is 13.3. The second-order valence-electron chi connectivity index (χ2n) is 6.92. The molecule has 1 atom stereocenters. The van der Waals surface area contributed by atoms with Crippen molar-refractivity contribution >= 4 is 29.5 Å². The van der Waals surface area contributed by atoms with E-state index in [2.05, 4.69) is 10.6 Å². The lowest BCUT2D eigenvalue weighted by atomic mass is 9.98. The number of urea groups is 1. The summed E-state index contributed by atoms with van der Waals surface area (Å²) in [7, 11) is 0. The summed E-state index contributed by atoms with van der Waals surface area (Å²) in [6.45, 7) is 0.849. The van der Waals surface area contributed by atoms with E-state index in [4.69, 9.17) is 10.00 Å². The van der Waals surface area contributed by atoms with Crippen molar-refractivity contribution in [3.63, 3.8) is 0 Å². The topological polar surface area (TPSA) is 129 Å². The zero-order chi connectivity index (χ0) is 20.3. The molecule has 1 spiro atoms. The molecule has 2 aliphatic rings. The monoisotopic (exact) mass is 384 g/mol. The van der Waals surface area contributed by atoms with Crippen LogP contribution in [-0.4, -0.2) is 46.9 Å². The van der Waals surface area contributed by atoms with Crippen molar-refractivity contribution in [2.45, 2.75) is 44.2 Å². The van der Waals surface area contributed by atoms with Gasteiger partial charge in [0.15, 0.2) is 6.10 Å². The lowest BCUT2D eigenvalue weighted by Crippen LogP contribution is -2.44. The van der Waals surface area contributed by atoms with Crippen LogP contribution in [-0.2, 0) is 19.1 Å². The number of hydrogen-bond donors (Lipinski definition) is 2. The third kappa shape index (κ3) is 3.81. The number of carbonyl (C=O) groups excluding carboxylic acids is 4. The lowest BCUT2D eigenvalue weighted by Gasteiger charge is -2.20. The van der Waals surface area contributed by atoms with Crippen molar-refractivity contribution in [3.8, 4) is 6.07 Å². The maximum atomic E-state index is 12.5. The van der Waals surface area contributed by atoms with E-state index in [-0.39, 0.29) is 0 Å². The molecule has 1 aliphatic heterocycles. The van der Waals surface area contributed by atoms with Crippen molar-refractivity contribution in [3.05, 3.63) is 29.8 Å². The number of nitrogens with zero attached hydrogens (tertiary/aromatic N) is 2. The van der Waals surface area contributed by atoms with Crippen molar-refractivity contribution in [2.24, 2.45) is 0 Å². The molecule has 1 saturated heterocycles. The summed E-state index contributed by atoms with van der Waals surface area (Å²) in [5.41, 5.74) is 0.00546. The minimum Gasteiger partial charge on any atom is -0.451 e. The molecule has 2 fully saturated rings. The van der Waals surface area contributed by atoms with Crippen LogP contribution in [0.15, 0.2) is 24.3 Å². The smallest absolute Gasteiger partial charge is 0.327 e. The minimum absolute atomic E-state index is 0.415. The number of amides is 4. The Balaban J connectivity index is 1.53. The maximum absolute atomic E-state index is 12.5. The summed E-state index contributed by atoms with van der Waals surface area (Å²) in [4.78, 5) is 49.7. The number of nitriles is 1. The van der Waals surface area contributed by atoms with Gasteiger partial charge in [0.1, 0.15) is 12.1 Å². The first-order valence-corrected chi connectivity index (χ1v) is 8.99. The third-order valence-corrected chi connectivity index (χ3v) is 4.95. The Labute approximate surface area is 161 Å². The largest absolute Gasteiger partial charge is 0.451 e. The summed E-state index contributed by atoms with van der Waals surface area (Å²) < 4.78 is 5.06. The van der Waals surface area contributed by atoms with Gasteiger partial charge in [0, 0.05) is 5.69 Å². The maximum Gasteiger partial charge on any atom is 0.327 e. The molecule has 9 heteroatoms. The van der Waals surface area contributed by atoms with Crippen molar-refractivity contribution in [2.75, 3.05) is 11.9 Å². The Morgan fingerprint density at radius 2 is 1.93 bits per heavy atom. The molecule has 4 amide bonds. The molecule has 9 nitrogen and oxygen atoms in total. The first kappa shape index (κ1) is 19.4. The van der Waals surface area contributed by atoms with Gasteiger partial charge in [-0.1, -0.05) is 12.8 Å². The van der Waals surface area contributed by atoms with Gasteiger partial charge < -0.3 is 15.4 Å². The molecule has 0 radical (unpaired) electrons. The van der Waals surface area contributed by atoms with E-state index >= 15 is 0 Å². The van der Waals surface area contributed by atoms with Gasteiger partial charge in [0.25, 0.3) is 11.8 Å². The highest BCUT2D eigenvalue weighted by atomic mass is 16.5. The molecule has 2 N–H and O–H groups in total. The van der Waals surface area contributed by atoms with Gasteiger partial charge in [-0.2, -0.15) is 5.26 Å². The number of anilines is 1. The van der Waals surface area contributed by atoms with Gasteiger partial charge in [-0.3, -0.25) is 19.3 Å². The SMILES string of the molecule is C[C@@H](OC(=O)CN1C(=O)NC2(CCCC2)C1=O)C(=O)Nc1ccc(C#N)cc1. The fourth-order valence-electron chi connectivity index (χ4n) is 3.43. The van der Waals surface area contributed by atoms with Gasteiger partial charge >= 0.3 is 12.0 Å². The highest BCUT2D eigenvalue weighted by Crippen LogP contribution is 2.34. The average molecular weight is 384 g/mol. The van der Waals surface area contributed by atoms with Gasteiger partial charge in [0.05, 0.1) is 11.6 Å². The second kappa shape index (κ2) is 7.68. The van der Waals surface area contributed by atoms with E-state index < -0.39 is 42.0 Å². The number of ether oxygens (including phenoxy) is 1. The predicted octanol–water partition coefficient (Wildman–Crippen LogP) is 1.29. The Morgan fingerprint density at radius 3 is 2.54 bits per heavy atom. The number of nitrogens with one attached hydrogen (secondary N) is 2. The van der Waals surface area contributed by atoms with Crippen LogP contribution in [0.5, 0.6) is 0 Å². The van der Waals surface area contributed by atoms with Crippen LogP contribution in [0.1, 0.15) is 38.2 Å². The van der Waals surface area contributed by atoms with Crippen LogP contribution in [0.4, 0.5) is 10.5 Å². The van der Waals surface area contributed by atoms with Gasteiger partial charge in [0.2, 0.25) is 0 Å². The number of rotatable bonds is 5. The van der Waals surface area contributed by atoms with E-state index in [1.165, 1.54) is 6.92 Å². The summed E-state index contributed by atoms with van der Waals surface area (Å²) in [5.74, 6) is -1.83. The first-order valence-electron chi connectivity index (χ1n) is 8.99. The van der Waals surface area contributed by atoms with E-state index in [1.807, 2.05) is 6.07 Å². The standard InChI is InChI=1S/C19H20N4O5/c1-12(16(25)21-14-6-4-13(10-20)5-7-14)28-15(24)11-23-17(26)19(22-18(23)27)8-2-3-9-19/h4-7,12H,2-3,8-9,11H2,1H3,(H,21,25)(H,22,27)/t12-/m1/s1. The zero-order valence-corrected chi connectivity index (χ0v) is 15.4. The van der Waals surface area contributed by atoms with E-state index in [0.717, 1.165) is 17.7 Å². The molecule has 1 aliphatic carbocycles. The van der Waals surface area contributed by atoms with Crippen LogP contribution in [0.3, 0.4) is 0 Å². The Hall–Kier alpha value is -3.41. The van der Waals surface area contributed by atoms with Crippen LogP contribution >= 0.6 is 0 Å². The van der Waals surface area contributed by atoms with Gasteiger partial charge in [-0.25, -0.2) is 4.79 Å². The minimum atomic E-state index is -1.12. The number of benzene rings is 1. The molecular weight excluding hydrogens is 364 g/mol. The predicted molar refractivity (Wildman–Crippen MR) is 96.8 cm³/mol.